The number of carbonyl (C=O) groups excluding carboxylic acids is 3. The lowest BCUT2D eigenvalue weighted by molar-refractivity contribution is -0.134. The van der Waals surface area contributed by atoms with Gasteiger partial charge in [0.25, 0.3) is 5.91 Å². The summed E-state index contributed by atoms with van der Waals surface area (Å²) in [5, 5.41) is 5.55. The van der Waals surface area contributed by atoms with Crippen molar-refractivity contribution in [2.24, 2.45) is 0 Å². The number of amides is 4. The number of nitrogens with one attached hydrogen (secondary N) is 2. The van der Waals surface area contributed by atoms with Crippen LogP contribution in [0, 0.1) is 0 Å². The Morgan fingerprint density at radius 3 is 2.58 bits per heavy atom. The maximum atomic E-state index is 12.7. The fraction of sp³-hybridized carbons (Fsp3) is 0.471. The van der Waals surface area contributed by atoms with Crippen molar-refractivity contribution in [3.8, 4) is 0 Å². The Balaban J connectivity index is 1.67. The maximum absolute atomic E-state index is 12.7. The summed E-state index contributed by atoms with van der Waals surface area (Å²) in [4.78, 5) is 38.2. The summed E-state index contributed by atoms with van der Waals surface area (Å²) in [6.45, 7) is -0.265. The Morgan fingerprint density at radius 1 is 1.21 bits per heavy atom. The summed E-state index contributed by atoms with van der Waals surface area (Å²) in [5.41, 5.74) is -0.186. The van der Waals surface area contributed by atoms with Crippen LogP contribution in [0.1, 0.15) is 38.5 Å². The van der Waals surface area contributed by atoms with E-state index in [1.54, 1.807) is 18.2 Å². The second-order valence-electron chi connectivity index (χ2n) is 6.38. The predicted molar refractivity (Wildman–Crippen MR) is 93.4 cm³/mol. The number of benzene rings is 1. The van der Waals surface area contributed by atoms with Gasteiger partial charge in [0, 0.05) is 10.2 Å². The van der Waals surface area contributed by atoms with Gasteiger partial charge in [-0.1, -0.05) is 47.7 Å². The van der Waals surface area contributed by atoms with Crippen LogP contribution in [0.2, 0.25) is 0 Å². The van der Waals surface area contributed by atoms with Crippen LogP contribution in [0.4, 0.5) is 10.5 Å². The topological polar surface area (TPSA) is 78.5 Å². The van der Waals surface area contributed by atoms with Gasteiger partial charge in [-0.2, -0.15) is 0 Å². The van der Waals surface area contributed by atoms with Gasteiger partial charge in [-0.25, -0.2) is 4.79 Å². The van der Waals surface area contributed by atoms with Crippen molar-refractivity contribution in [2.45, 2.75) is 44.1 Å². The third-order valence-corrected chi connectivity index (χ3v) is 5.11. The van der Waals surface area contributed by atoms with Crippen LogP contribution >= 0.6 is 15.9 Å². The molecule has 1 saturated carbocycles. The number of carbonyl (C=O) groups is 3. The average molecular weight is 394 g/mol. The Morgan fingerprint density at radius 2 is 1.92 bits per heavy atom. The minimum Gasteiger partial charge on any atom is -0.324 e. The molecule has 2 aliphatic rings. The second kappa shape index (κ2) is 6.93. The zero-order chi connectivity index (χ0) is 17.2. The van der Waals surface area contributed by atoms with E-state index in [9.17, 15) is 14.4 Å². The molecule has 1 aromatic carbocycles. The number of imide groups is 1. The van der Waals surface area contributed by atoms with Crippen LogP contribution < -0.4 is 10.6 Å². The fourth-order valence-corrected chi connectivity index (χ4v) is 3.80. The number of halogens is 1. The first-order chi connectivity index (χ1) is 11.5. The Bertz CT molecular complexity index is 669. The molecule has 1 aromatic rings. The third kappa shape index (κ3) is 3.45. The molecule has 4 amide bonds. The number of anilines is 1. The summed E-state index contributed by atoms with van der Waals surface area (Å²) in [6, 6.07) is 6.70. The highest BCUT2D eigenvalue weighted by Gasteiger charge is 2.51. The highest BCUT2D eigenvalue weighted by Crippen LogP contribution is 2.32. The van der Waals surface area contributed by atoms with Gasteiger partial charge in [-0.05, 0) is 31.0 Å². The van der Waals surface area contributed by atoms with E-state index >= 15 is 0 Å². The quantitative estimate of drug-likeness (QED) is 0.774. The molecule has 1 saturated heterocycles. The molecule has 0 aromatic heterocycles. The van der Waals surface area contributed by atoms with E-state index in [0.717, 1.165) is 35.1 Å². The van der Waals surface area contributed by atoms with Crippen LogP contribution in [0.25, 0.3) is 0 Å². The normalized spacial score (nSPS) is 20.0. The minimum atomic E-state index is -0.802. The molecule has 128 valence electrons. The highest BCUT2D eigenvalue weighted by molar-refractivity contribution is 9.10. The lowest BCUT2D eigenvalue weighted by Gasteiger charge is -2.24. The lowest BCUT2D eigenvalue weighted by atomic mass is 9.90. The van der Waals surface area contributed by atoms with E-state index in [-0.39, 0.29) is 18.4 Å². The van der Waals surface area contributed by atoms with Gasteiger partial charge >= 0.3 is 6.03 Å². The Kier molecular flexibility index (Phi) is 4.89. The van der Waals surface area contributed by atoms with Gasteiger partial charge in [-0.15, -0.1) is 0 Å². The second-order valence-corrected chi connectivity index (χ2v) is 7.29. The summed E-state index contributed by atoms with van der Waals surface area (Å²) in [7, 11) is 0. The molecule has 0 atom stereocenters. The zero-order valence-corrected chi connectivity index (χ0v) is 14.9. The Hall–Kier alpha value is -1.89. The van der Waals surface area contributed by atoms with Gasteiger partial charge in [-0.3, -0.25) is 14.5 Å². The molecule has 1 aliphatic heterocycles. The van der Waals surface area contributed by atoms with Crippen molar-refractivity contribution >= 4 is 39.5 Å². The van der Waals surface area contributed by atoms with Gasteiger partial charge < -0.3 is 10.6 Å². The van der Waals surface area contributed by atoms with Crippen LogP contribution in [-0.2, 0) is 9.59 Å². The monoisotopic (exact) mass is 393 g/mol. The fourth-order valence-electron chi connectivity index (χ4n) is 3.40. The molecular weight excluding hydrogens is 374 g/mol. The summed E-state index contributed by atoms with van der Waals surface area (Å²) < 4.78 is 0.840. The molecule has 1 spiro atoms. The predicted octanol–water partition coefficient (Wildman–Crippen LogP) is 3.03. The molecule has 0 radical (unpaired) electrons. The summed E-state index contributed by atoms with van der Waals surface area (Å²) in [5.74, 6) is -0.652. The molecule has 1 aliphatic carbocycles. The molecule has 2 N–H and O–H groups in total. The SMILES string of the molecule is O=C(CN1C(=O)NC2(CCCCCC2)C1=O)Nc1cccc(Br)c1. The highest BCUT2D eigenvalue weighted by atomic mass is 79.9. The third-order valence-electron chi connectivity index (χ3n) is 4.61. The standard InChI is InChI=1S/C17H20BrN3O3/c18-12-6-5-7-13(10-12)19-14(22)11-21-15(23)17(20-16(21)24)8-3-1-2-4-9-17/h5-7,10H,1-4,8-9,11H2,(H,19,22)(H,20,24). The first kappa shape index (κ1) is 17.0. The molecular formula is C17H20BrN3O3. The molecule has 3 rings (SSSR count). The summed E-state index contributed by atoms with van der Waals surface area (Å²) >= 11 is 3.33. The number of hydrogen-bond donors (Lipinski definition) is 2. The van der Waals surface area contributed by atoms with Gasteiger partial charge in [0.15, 0.2) is 0 Å². The van der Waals surface area contributed by atoms with Crippen LogP contribution in [0.15, 0.2) is 28.7 Å². The smallest absolute Gasteiger partial charge is 0.324 e. The van der Waals surface area contributed by atoms with E-state index in [0.29, 0.717) is 18.5 Å². The van der Waals surface area contributed by atoms with E-state index in [1.165, 1.54) is 0 Å². The van der Waals surface area contributed by atoms with Crippen LogP contribution in [0.5, 0.6) is 0 Å². The molecule has 7 heteroatoms. The van der Waals surface area contributed by atoms with E-state index in [1.807, 2.05) is 6.07 Å². The van der Waals surface area contributed by atoms with Gasteiger partial charge in [0.1, 0.15) is 12.1 Å². The van der Waals surface area contributed by atoms with Crippen LogP contribution in [-0.4, -0.2) is 34.8 Å². The van der Waals surface area contributed by atoms with Crippen molar-refractivity contribution in [2.75, 3.05) is 11.9 Å². The first-order valence-electron chi connectivity index (χ1n) is 8.20. The minimum absolute atomic E-state index is 0.265. The number of urea groups is 1. The zero-order valence-electron chi connectivity index (χ0n) is 13.3. The van der Waals surface area contributed by atoms with Gasteiger partial charge in [0.05, 0.1) is 0 Å². The van der Waals surface area contributed by atoms with E-state index < -0.39 is 11.6 Å². The summed E-state index contributed by atoms with van der Waals surface area (Å²) in [6.07, 6.45) is 5.30. The Labute approximate surface area is 149 Å². The van der Waals surface area contributed by atoms with Crippen LogP contribution in [0.3, 0.4) is 0 Å². The van der Waals surface area contributed by atoms with Crippen molar-refractivity contribution in [1.82, 2.24) is 10.2 Å². The first-order valence-corrected chi connectivity index (χ1v) is 8.99. The molecule has 24 heavy (non-hydrogen) atoms. The number of rotatable bonds is 3. The van der Waals surface area contributed by atoms with Crippen molar-refractivity contribution in [3.05, 3.63) is 28.7 Å². The lowest BCUT2D eigenvalue weighted by Crippen LogP contribution is -2.47. The van der Waals surface area contributed by atoms with E-state index in [2.05, 4.69) is 26.6 Å². The largest absolute Gasteiger partial charge is 0.325 e. The van der Waals surface area contributed by atoms with Crippen molar-refractivity contribution in [1.29, 1.82) is 0 Å². The molecule has 6 nitrogen and oxygen atoms in total. The molecule has 0 unspecified atom stereocenters. The maximum Gasteiger partial charge on any atom is 0.325 e. The van der Waals surface area contributed by atoms with Crippen molar-refractivity contribution in [3.63, 3.8) is 0 Å². The number of nitrogens with zero attached hydrogens (tertiary/aromatic N) is 1. The van der Waals surface area contributed by atoms with E-state index in [4.69, 9.17) is 0 Å². The average Bonchev–Trinajstić information content (AvgIpc) is 2.71. The number of hydrogen-bond acceptors (Lipinski definition) is 3. The molecule has 0 bridgehead atoms. The molecule has 2 fully saturated rings. The van der Waals surface area contributed by atoms with Crippen molar-refractivity contribution < 1.29 is 14.4 Å². The molecule has 1 heterocycles. The van der Waals surface area contributed by atoms with Gasteiger partial charge in [0.2, 0.25) is 5.91 Å².